The molecule has 0 heterocycles. The number of ether oxygens (including phenoxy) is 2. The van der Waals surface area contributed by atoms with Gasteiger partial charge >= 0.3 is 5.97 Å². The minimum absolute atomic E-state index is 0.0687. The van der Waals surface area contributed by atoms with E-state index in [0.29, 0.717) is 25.2 Å². The Morgan fingerprint density at radius 3 is 2.20 bits per heavy atom. The summed E-state index contributed by atoms with van der Waals surface area (Å²) in [6.45, 7) is 0.565. The minimum Gasteiger partial charge on any atom is -0.491 e. The average molecular weight is 435 g/mol. The van der Waals surface area contributed by atoms with E-state index in [1.807, 2.05) is 0 Å². The molecule has 2 unspecified atom stereocenters. The van der Waals surface area contributed by atoms with Gasteiger partial charge in [-0.15, -0.1) is 0 Å². The van der Waals surface area contributed by atoms with Crippen molar-refractivity contribution in [2.75, 3.05) is 13.7 Å². The highest BCUT2D eigenvalue weighted by Crippen LogP contribution is 2.60. The van der Waals surface area contributed by atoms with Gasteiger partial charge in [-0.25, -0.2) is 4.39 Å². The highest BCUT2D eigenvalue weighted by atomic mass is 35.5. The Balaban J connectivity index is 1.29. The number of carbonyl (C=O) groups excluding carboxylic acids is 2. The molecule has 5 saturated carbocycles. The predicted molar refractivity (Wildman–Crippen MR) is 110 cm³/mol. The second-order valence-corrected chi connectivity index (χ2v) is 10.6. The van der Waals surface area contributed by atoms with Gasteiger partial charge < -0.3 is 9.47 Å². The first kappa shape index (κ1) is 20.3. The summed E-state index contributed by atoms with van der Waals surface area (Å²) in [4.78, 5) is 24.6. The molecule has 5 fully saturated rings. The van der Waals surface area contributed by atoms with Gasteiger partial charge in [0.05, 0.1) is 30.2 Å². The molecule has 1 aromatic carbocycles. The highest BCUT2D eigenvalue weighted by Gasteiger charge is 2.51. The van der Waals surface area contributed by atoms with Crippen LogP contribution in [0.5, 0.6) is 5.75 Å². The number of hydrogen-bond acceptors (Lipinski definition) is 4. The summed E-state index contributed by atoms with van der Waals surface area (Å²) in [6.07, 6.45) is 8.83. The molecule has 6 rings (SSSR count). The zero-order valence-corrected chi connectivity index (χ0v) is 18.1. The van der Waals surface area contributed by atoms with Gasteiger partial charge in [-0.05, 0) is 75.2 Å². The molecule has 1 aromatic rings. The lowest BCUT2D eigenvalue weighted by Gasteiger charge is -2.56. The van der Waals surface area contributed by atoms with Crippen molar-refractivity contribution in [2.24, 2.45) is 35.0 Å². The first-order chi connectivity index (χ1) is 14.4. The van der Waals surface area contributed by atoms with Crippen molar-refractivity contribution in [3.05, 3.63) is 28.5 Å². The molecule has 2 atom stereocenters. The molecule has 0 N–H and O–H groups in total. The summed E-state index contributed by atoms with van der Waals surface area (Å²) in [5.41, 5.74) is 0.128. The van der Waals surface area contributed by atoms with E-state index in [2.05, 4.69) is 0 Å². The van der Waals surface area contributed by atoms with Crippen molar-refractivity contribution in [2.45, 2.75) is 51.4 Å². The van der Waals surface area contributed by atoms with E-state index in [-0.39, 0.29) is 21.8 Å². The highest BCUT2D eigenvalue weighted by molar-refractivity contribution is 6.32. The maximum atomic E-state index is 14.8. The topological polar surface area (TPSA) is 52.6 Å². The fourth-order valence-corrected chi connectivity index (χ4v) is 7.19. The third-order valence-corrected chi connectivity index (χ3v) is 8.40. The fraction of sp³-hybridized carbons (Fsp3) is 0.667. The number of benzene rings is 1. The SMILES string of the molecule is COC(=O)C1CCC1C(=O)c1cc(Cl)c(OCC23CC4CC(CC(C4)C2)C3)cc1F. The molecular formula is C24H28ClFO4. The molecule has 4 bridgehead atoms. The van der Waals surface area contributed by atoms with Crippen molar-refractivity contribution in [1.82, 2.24) is 0 Å². The zero-order chi connectivity index (χ0) is 21.0. The molecule has 162 valence electrons. The molecule has 0 spiro atoms. The Kier molecular flexibility index (Phi) is 5.08. The number of methoxy groups -OCH3 is 1. The maximum Gasteiger partial charge on any atom is 0.309 e. The number of hydrogen-bond donors (Lipinski definition) is 0. The third kappa shape index (κ3) is 3.43. The third-order valence-electron chi connectivity index (χ3n) is 8.10. The lowest BCUT2D eigenvalue weighted by atomic mass is 9.50. The standard InChI is InChI=1S/C24H28ClFO4/c1-29-23(28)17-3-2-16(17)22(27)18-7-19(25)21(8-20(18)26)30-12-24-9-13-4-14(10-24)6-15(5-13)11-24/h7-8,13-17H,2-6,9-12H2,1H3. The summed E-state index contributed by atoms with van der Waals surface area (Å²) in [5, 5.41) is 0.249. The molecule has 0 aromatic heterocycles. The van der Waals surface area contributed by atoms with Crippen LogP contribution in [0.25, 0.3) is 0 Å². The normalized spacial score (nSPS) is 36.3. The Hall–Kier alpha value is -1.62. The van der Waals surface area contributed by atoms with Gasteiger partial charge in [0.1, 0.15) is 11.6 Å². The van der Waals surface area contributed by atoms with Crippen LogP contribution in [0.1, 0.15) is 61.7 Å². The van der Waals surface area contributed by atoms with Gasteiger partial charge in [0.25, 0.3) is 0 Å². The fourth-order valence-electron chi connectivity index (χ4n) is 6.97. The maximum absolute atomic E-state index is 14.8. The number of ketones is 1. The van der Waals surface area contributed by atoms with Crippen LogP contribution in [0, 0.1) is 40.8 Å². The van der Waals surface area contributed by atoms with Gasteiger partial charge in [-0.1, -0.05) is 11.6 Å². The first-order valence-electron chi connectivity index (χ1n) is 11.1. The Morgan fingerprint density at radius 2 is 1.67 bits per heavy atom. The minimum atomic E-state index is -0.638. The predicted octanol–water partition coefficient (Wildman–Crippen LogP) is 5.46. The van der Waals surface area contributed by atoms with Crippen LogP contribution in [-0.2, 0) is 9.53 Å². The molecule has 5 aliphatic carbocycles. The molecule has 30 heavy (non-hydrogen) atoms. The van der Waals surface area contributed by atoms with E-state index in [0.717, 1.165) is 17.8 Å². The number of Topliss-reactive ketones (excluding diaryl/α,β-unsaturated/α-hetero) is 1. The molecule has 0 amide bonds. The van der Waals surface area contributed by atoms with Gasteiger partial charge in [0.15, 0.2) is 5.78 Å². The number of esters is 1. The molecule has 0 radical (unpaired) electrons. The Bertz CT molecular complexity index is 847. The first-order valence-corrected chi connectivity index (χ1v) is 11.5. The molecule has 4 nitrogen and oxygen atoms in total. The van der Waals surface area contributed by atoms with Gasteiger partial charge in [-0.2, -0.15) is 0 Å². The van der Waals surface area contributed by atoms with Crippen molar-refractivity contribution < 1.29 is 23.5 Å². The average Bonchev–Trinajstić information content (AvgIpc) is 2.66. The smallest absolute Gasteiger partial charge is 0.309 e. The van der Waals surface area contributed by atoms with Crippen LogP contribution < -0.4 is 4.74 Å². The van der Waals surface area contributed by atoms with Crippen LogP contribution in [0.2, 0.25) is 5.02 Å². The summed E-state index contributed by atoms with van der Waals surface area (Å²) in [5.74, 6) is 0.284. The van der Waals surface area contributed by atoms with Crippen LogP contribution in [-0.4, -0.2) is 25.5 Å². The van der Waals surface area contributed by atoms with Crippen LogP contribution in [0.4, 0.5) is 4.39 Å². The second-order valence-electron chi connectivity index (χ2n) is 10.1. The van der Waals surface area contributed by atoms with E-state index < -0.39 is 23.6 Å². The second kappa shape index (κ2) is 7.51. The van der Waals surface area contributed by atoms with E-state index in [1.54, 1.807) is 0 Å². The van der Waals surface area contributed by atoms with Crippen LogP contribution in [0.3, 0.4) is 0 Å². The Labute approximate surface area is 181 Å². The van der Waals surface area contributed by atoms with Crippen molar-refractivity contribution in [3.8, 4) is 5.75 Å². The number of rotatable bonds is 6. The summed E-state index contributed by atoms with van der Waals surface area (Å²) in [7, 11) is 1.30. The zero-order valence-electron chi connectivity index (χ0n) is 17.3. The molecule has 0 saturated heterocycles. The lowest BCUT2D eigenvalue weighted by molar-refractivity contribution is -0.150. The molecule has 6 heteroatoms. The largest absolute Gasteiger partial charge is 0.491 e. The lowest BCUT2D eigenvalue weighted by Crippen LogP contribution is -2.48. The van der Waals surface area contributed by atoms with E-state index in [1.165, 1.54) is 57.8 Å². The van der Waals surface area contributed by atoms with E-state index >= 15 is 0 Å². The quantitative estimate of drug-likeness (QED) is 0.441. The van der Waals surface area contributed by atoms with Gasteiger partial charge in [0.2, 0.25) is 0 Å². The summed E-state index contributed by atoms with van der Waals surface area (Å²) >= 11 is 6.39. The summed E-state index contributed by atoms with van der Waals surface area (Å²) < 4.78 is 25.6. The van der Waals surface area contributed by atoms with Crippen LogP contribution >= 0.6 is 11.6 Å². The van der Waals surface area contributed by atoms with Crippen molar-refractivity contribution >= 4 is 23.4 Å². The monoisotopic (exact) mass is 434 g/mol. The van der Waals surface area contributed by atoms with E-state index in [9.17, 15) is 14.0 Å². The van der Waals surface area contributed by atoms with Crippen molar-refractivity contribution in [1.29, 1.82) is 0 Å². The van der Waals surface area contributed by atoms with Crippen molar-refractivity contribution in [3.63, 3.8) is 0 Å². The van der Waals surface area contributed by atoms with Crippen LogP contribution in [0.15, 0.2) is 12.1 Å². The molecule has 0 aliphatic heterocycles. The number of carbonyl (C=O) groups is 2. The van der Waals surface area contributed by atoms with Gasteiger partial charge in [-0.3, -0.25) is 9.59 Å². The molecular weight excluding hydrogens is 407 g/mol. The molecule has 5 aliphatic rings. The summed E-state index contributed by atoms with van der Waals surface area (Å²) in [6, 6.07) is 2.60. The van der Waals surface area contributed by atoms with E-state index in [4.69, 9.17) is 21.1 Å². The van der Waals surface area contributed by atoms with Gasteiger partial charge in [0, 0.05) is 17.4 Å². The number of halogens is 2. The Morgan fingerprint density at radius 1 is 1.07 bits per heavy atom.